The van der Waals surface area contributed by atoms with Gasteiger partial charge >= 0.3 is 5.76 Å². The number of carbonyl (C=O) groups excluding carboxylic acids is 1. The standard InChI is InChI=1S/C14H10BrF2NO3S/c15-10-3-1-9(2-4-10)13(19)18-11-5-7-12(8-6-11)22(20,21)14(16)17/h1-8,14H,(H,18,19). The summed E-state index contributed by atoms with van der Waals surface area (Å²) in [6.07, 6.45) is 0. The summed E-state index contributed by atoms with van der Waals surface area (Å²) >= 11 is 3.25. The summed E-state index contributed by atoms with van der Waals surface area (Å²) < 4.78 is 48.2. The van der Waals surface area contributed by atoms with Gasteiger partial charge < -0.3 is 5.32 Å². The summed E-state index contributed by atoms with van der Waals surface area (Å²) in [6.45, 7) is 0. The highest BCUT2D eigenvalue weighted by atomic mass is 79.9. The molecule has 116 valence electrons. The van der Waals surface area contributed by atoms with Crippen molar-refractivity contribution in [3.05, 3.63) is 58.6 Å². The molecule has 0 saturated carbocycles. The molecule has 0 unspecified atom stereocenters. The number of hydrogen-bond acceptors (Lipinski definition) is 3. The minimum atomic E-state index is -4.63. The van der Waals surface area contributed by atoms with Gasteiger partial charge in [-0.1, -0.05) is 15.9 Å². The zero-order chi connectivity index (χ0) is 16.3. The molecule has 2 aromatic carbocycles. The van der Waals surface area contributed by atoms with Crippen molar-refractivity contribution in [1.29, 1.82) is 0 Å². The van der Waals surface area contributed by atoms with E-state index < -0.39 is 26.4 Å². The Balaban J connectivity index is 2.15. The number of rotatable bonds is 4. The molecule has 1 amide bonds. The summed E-state index contributed by atoms with van der Waals surface area (Å²) in [5, 5.41) is 2.55. The number of benzene rings is 2. The van der Waals surface area contributed by atoms with E-state index in [-0.39, 0.29) is 0 Å². The lowest BCUT2D eigenvalue weighted by Crippen LogP contribution is -2.13. The number of sulfone groups is 1. The summed E-state index contributed by atoms with van der Waals surface area (Å²) in [4.78, 5) is 11.5. The minimum Gasteiger partial charge on any atom is -0.322 e. The first-order valence-corrected chi connectivity index (χ1v) is 8.33. The van der Waals surface area contributed by atoms with Gasteiger partial charge in [0.2, 0.25) is 9.84 Å². The normalized spacial score (nSPS) is 11.5. The van der Waals surface area contributed by atoms with E-state index in [0.717, 1.165) is 16.6 Å². The molecule has 4 nitrogen and oxygen atoms in total. The number of halogens is 3. The Morgan fingerprint density at radius 1 is 1.00 bits per heavy atom. The summed E-state index contributed by atoms with van der Waals surface area (Å²) in [7, 11) is -4.63. The van der Waals surface area contributed by atoms with Crippen LogP contribution >= 0.6 is 15.9 Å². The lowest BCUT2D eigenvalue weighted by atomic mass is 10.2. The third kappa shape index (κ3) is 3.69. The van der Waals surface area contributed by atoms with Gasteiger partial charge in [0.15, 0.2) is 0 Å². The molecule has 0 atom stereocenters. The number of nitrogens with one attached hydrogen (secondary N) is 1. The van der Waals surface area contributed by atoms with Crippen LogP contribution in [0, 0.1) is 0 Å². The van der Waals surface area contributed by atoms with Gasteiger partial charge in [-0.3, -0.25) is 4.79 Å². The molecule has 22 heavy (non-hydrogen) atoms. The van der Waals surface area contributed by atoms with Crippen molar-refractivity contribution in [2.24, 2.45) is 0 Å². The lowest BCUT2D eigenvalue weighted by molar-refractivity contribution is 0.102. The van der Waals surface area contributed by atoms with Crippen molar-refractivity contribution in [3.63, 3.8) is 0 Å². The van der Waals surface area contributed by atoms with Crippen LogP contribution in [0.15, 0.2) is 57.9 Å². The molecule has 0 aromatic heterocycles. The summed E-state index contributed by atoms with van der Waals surface area (Å²) in [5.74, 6) is -3.87. The van der Waals surface area contributed by atoms with Crippen LogP contribution in [0.1, 0.15) is 10.4 Å². The van der Waals surface area contributed by atoms with E-state index in [1.54, 1.807) is 24.3 Å². The largest absolute Gasteiger partial charge is 0.341 e. The van der Waals surface area contributed by atoms with Gasteiger partial charge in [0.25, 0.3) is 5.91 Å². The van der Waals surface area contributed by atoms with Gasteiger partial charge in [-0.2, -0.15) is 8.78 Å². The quantitative estimate of drug-likeness (QED) is 0.866. The van der Waals surface area contributed by atoms with Crippen molar-refractivity contribution in [3.8, 4) is 0 Å². The maximum absolute atomic E-state index is 12.4. The molecule has 0 aliphatic rings. The van der Waals surface area contributed by atoms with E-state index in [1.165, 1.54) is 12.1 Å². The average molecular weight is 390 g/mol. The van der Waals surface area contributed by atoms with E-state index in [4.69, 9.17) is 0 Å². The molecule has 0 bridgehead atoms. The maximum Gasteiger partial charge on any atom is 0.341 e. The number of hydrogen-bond donors (Lipinski definition) is 1. The van der Waals surface area contributed by atoms with Crippen LogP contribution in [0.3, 0.4) is 0 Å². The Morgan fingerprint density at radius 2 is 1.55 bits per heavy atom. The second kappa shape index (κ2) is 6.53. The first kappa shape index (κ1) is 16.6. The van der Waals surface area contributed by atoms with Crippen molar-refractivity contribution in [2.75, 3.05) is 5.32 Å². The summed E-state index contributed by atoms with van der Waals surface area (Å²) in [6, 6.07) is 11.2. The van der Waals surface area contributed by atoms with Crippen molar-refractivity contribution >= 4 is 37.4 Å². The number of amides is 1. The molecular weight excluding hydrogens is 380 g/mol. The highest BCUT2D eigenvalue weighted by Crippen LogP contribution is 2.20. The van der Waals surface area contributed by atoms with Gasteiger partial charge in [0.05, 0.1) is 4.90 Å². The fourth-order valence-electron chi connectivity index (χ4n) is 1.64. The van der Waals surface area contributed by atoms with Crippen molar-refractivity contribution in [2.45, 2.75) is 10.7 Å². The predicted molar refractivity (Wildman–Crippen MR) is 81.7 cm³/mol. The second-order valence-corrected chi connectivity index (χ2v) is 7.12. The third-order valence-electron chi connectivity index (χ3n) is 2.78. The molecule has 0 heterocycles. The minimum absolute atomic E-state index is 0.307. The maximum atomic E-state index is 12.4. The van der Waals surface area contributed by atoms with Crippen LogP contribution in [0.5, 0.6) is 0 Å². The molecule has 0 saturated heterocycles. The van der Waals surface area contributed by atoms with Gasteiger partial charge in [0.1, 0.15) is 0 Å². The molecule has 0 aliphatic carbocycles. The van der Waals surface area contributed by atoms with Crippen LogP contribution in [0.2, 0.25) is 0 Å². The Morgan fingerprint density at radius 3 is 2.05 bits per heavy atom. The monoisotopic (exact) mass is 389 g/mol. The van der Waals surface area contributed by atoms with Gasteiger partial charge in [0, 0.05) is 15.7 Å². The SMILES string of the molecule is O=C(Nc1ccc(S(=O)(=O)C(F)F)cc1)c1ccc(Br)cc1. The lowest BCUT2D eigenvalue weighted by Gasteiger charge is -2.07. The third-order valence-corrected chi connectivity index (χ3v) is 4.71. The van der Waals surface area contributed by atoms with Gasteiger partial charge in [-0.05, 0) is 48.5 Å². The van der Waals surface area contributed by atoms with E-state index >= 15 is 0 Å². The van der Waals surface area contributed by atoms with Crippen LogP contribution in [0.4, 0.5) is 14.5 Å². The fraction of sp³-hybridized carbons (Fsp3) is 0.0714. The van der Waals surface area contributed by atoms with E-state index in [1.807, 2.05) is 0 Å². The first-order chi connectivity index (χ1) is 10.3. The average Bonchev–Trinajstić information content (AvgIpc) is 2.48. The summed E-state index contributed by atoms with van der Waals surface area (Å²) in [5.41, 5.74) is 0.716. The molecule has 0 aliphatic heterocycles. The molecular formula is C14H10BrF2NO3S. The van der Waals surface area contributed by atoms with Crippen LogP contribution in [0.25, 0.3) is 0 Å². The van der Waals surface area contributed by atoms with Gasteiger partial charge in [-0.25, -0.2) is 8.42 Å². The van der Waals surface area contributed by atoms with Crippen LogP contribution < -0.4 is 5.32 Å². The van der Waals surface area contributed by atoms with Gasteiger partial charge in [-0.15, -0.1) is 0 Å². The van der Waals surface area contributed by atoms with Crippen LogP contribution in [-0.4, -0.2) is 20.1 Å². The van der Waals surface area contributed by atoms with Crippen molar-refractivity contribution in [1.82, 2.24) is 0 Å². The smallest absolute Gasteiger partial charge is 0.322 e. The van der Waals surface area contributed by atoms with Crippen molar-refractivity contribution < 1.29 is 22.0 Å². The van der Waals surface area contributed by atoms with E-state index in [0.29, 0.717) is 11.3 Å². The van der Waals surface area contributed by atoms with Crippen LogP contribution in [-0.2, 0) is 9.84 Å². The number of anilines is 1. The zero-order valence-corrected chi connectivity index (χ0v) is 13.4. The molecule has 8 heteroatoms. The fourth-order valence-corrected chi connectivity index (χ4v) is 2.62. The second-order valence-electron chi connectivity index (χ2n) is 4.29. The van der Waals surface area contributed by atoms with E-state index in [9.17, 15) is 22.0 Å². The molecule has 2 aromatic rings. The topological polar surface area (TPSA) is 63.2 Å². The Bertz CT molecular complexity index is 775. The Kier molecular flexibility index (Phi) is 4.92. The zero-order valence-electron chi connectivity index (χ0n) is 11.0. The molecule has 1 N–H and O–H groups in total. The first-order valence-electron chi connectivity index (χ1n) is 6.00. The van der Waals surface area contributed by atoms with E-state index in [2.05, 4.69) is 21.2 Å². The Labute approximate surface area is 134 Å². The molecule has 0 fully saturated rings. The molecule has 0 spiro atoms. The molecule has 2 rings (SSSR count). The predicted octanol–water partition coefficient (Wildman–Crippen LogP) is 3.70. The number of carbonyl (C=O) groups is 1. The highest BCUT2D eigenvalue weighted by molar-refractivity contribution is 9.10. The molecule has 0 radical (unpaired) electrons. The highest BCUT2D eigenvalue weighted by Gasteiger charge is 2.26. The number of alkyl halides is 2. The Hall–Kier alpha value is -1.80.